The second kappa shape index (κ2) is 5.29. The normalized spacial score (nSPS) is 41.5. The van der Waals surface area contributed by atoms with Crippen molar-refractivity contribution in [3.8, 4) is 0 Å². The number of halogens is 1. The molecule has 0 aromatic rings. The lowest BCUT2D eigenvalue weighted by Gasteiger charge is -2.31. The van der Waals surface area contributed by atoms with Crippen molar-refractivity contribution in [2.75, 3.05) is 6.61 Å². The van der Waals surface area contributed by atoms with Crippen LogP contribution in [0.25, 0.3) is 0 Å². The Morgan fingerprint density at radius 3 is 2.82 bits per heavy atom. The zero-order valence-electron chi connectivity index (χ0n) is 10.9. The third kappa shape index (κ3) is 2.69. The number of hydrogen-bond donors (Lipinski definition) is 1. The third-order valence-electron chi connectivity index (χ3n) is 4.04. The van der Waals surface area contributed by atoms with Gasteiger partial charge in [-0.2, -0.15) is 0 Å². The first-order valence-electron chi connectivity index (χ1n) is 6.64. The molecule has 5 atom stereocenters. The maximum atomic E-state index is 9.46. The van der Waals surface area contributed by atoms with Gasteiger partial charge in [-0.3, -0.25) is 0 Å². The van der Waals surface area contributed by atoms with Crippen molar-refractivity contribution in [2.45, 2.75) is 51.2 Å². The van der Waals surface area contributed by atoms with E-state index in [1.54, 1.807) is 0 Å². The second-order valence-electron chi connectivity index (χ2n) is 5.85. The van der Waals surface area contributed by atoms with Crippen molar-refractivity contribution >= 4 is 11.6 Å². The molecule has 98 valence electrons. The monoisotopic (exact) mass is 258 g/mol. The van der Waals surface area contributed by atoms with E-state index in [4.69, 9.17) is 16.3 Å². The molecule has 2 nitrogen and oxygen atoms in total. The average molecular weight is 259 g/mol. The lowest BCUT2D eigenvalue weighted by Crippen LogP contribution is -2.31. The van der Waals surface area contributed by atoms with Gasteiger partial charge in [-0.05, 0) is 37.2 Å². The maximum Gasteiger partial charge on any atom is 0.0646 e. The van der Waals surface area contributed by atoms with Gasteiger partial charge in [-0.15, -0.1) is 11.6 Å². The van der Waals surface area contributed by atoms with Crippen LogP contribution in [0, 0.1) is 17.8 Å². The number of hydrogen-bond acceptors (Lipinski definition) is 2. The summed E-state index contributed by atoms with van der Waals surface area (Å²) in [6.45, 7) is 6.69. The van der Waals surface area contributed by atoms with Crippen molar-refractivity contribution in [3.63, 3.8) is 0 Å². The Hall–Kier alpha value is -0.0500. The summed E-state index contributed by atoms with van der Waals surface area (Å²) in [5, 5.41) is 9.52. The molecule has 1 aliphatic heterocycles. The van der Waals surface area contributed by atoms with Crippen molar-refractivity contribution in [2.24, 2.45) is 17.8 Å². The van der Waals surface area contributed by atoms with Gasteiger partial charge in [0, 0.05) is 5.92 Å². The van der Waals surface area contributed by atoms with E-state index in [0.29, 0.717) is 23.9 Å². The fraction of sp³-hybridized carbons (Fsp3) is 0.857. The van der Waals surface area contributed by atoms with Crippen LogP contribution in [0.2, 0.25) is 0 Å². The molecule has 1 fully saturated rings. The molecule has 0 amide bonds. The summed E-state index contributed by atoms with van der Waals surface area (Å²) < 4.78 is 6.09. The fourth-order valence-electron chi connectivity index (χ4n) is 3.44. The van der Waals surface area contributed by atoms with E-state index >= 15 is 0 Å². The van der Waals surface area contributed by atoms with Crippen LogP contribution in [0.3, 0.4) is 0 Å². The summed E-state index contributed by atoms with van der Waals surface area (Å²) in [5.74, 6) is 1.50. The minimum atomic E-state index is 0.0574. The summed E-state index contributed by atoms with van der Waals surface area (Å²) >= 11 is 6.26. The van der Waals surface area contributed by atoms with Gasteiger partial charge in [0.2, 0.25) is 0 Å². The summed E-state index contributed by atoms with van der Waals surface area (Å²) in [5.41, 5.74) is 1.08. The van der Waals surface area contributed by atoms with E-state index in [1.807, 2.05) is 6.08 Å². The smallest absolute Gasteiger partial charge is 0.0646 e. The van der Waals surface area contributed by atoms with Crippen LogP contribution < -0.4 is 0 Å². The molecule has 0 aromatic carbocycles. The number of fused-ring (bicyclic) bond motifs is 1. The topological polar surface area (TPSA) is 29.5 Å². The molecule has 1 aliphatic carbocycles. The molecule has 1 N–H and O–H groups in total. The lowest BCUT2D eigenvalue weighted by molar-refractivity contribution is 0.0279. The quantitative estimate of drug-likeness (QED) is 0.623. The Balaban J connectivity index is 2.17. The average Bonchev–Trinajstić information content (AvgIpc) is 2.54. The van der Waals surface area contributed by atoms with Crippen molar-refractivity contribution in [3.05, 3.63) is 11.6 Å². The molecule has 0 radical (unpaired) electrons. The van der Waals surface area contributed by atoms with Gasteiger partial charge in [0.15, 0.2) is 0 Å². The van der Waals surface area contributed by atoms with Crippen LogP contribution >= 0.6 is 11.6 Å². The van der Waals surface area contributed by atoms with Gasteiger partial charge >= 0.3 is 0 Å². The van der Waals surface area contributed by atoms with Crippen molar-refractivity contribution in [1.82, 2.24) is 0 Å². The Bertz CT molecular complexity index is 301. The molecule has 2 rings (SSSR count). The number of ether oxygens (including phenoxy) is 1. The van der Waals surface area contributed by atoms with Gasteiger partial charge in [0.05, 0.1) is 24.2 Å². The second-order valence-corrected chi connectivity index (χ2v) is 6.41. The fourth-order valence-corrected chi connectivity index (χ4v) is 3.81. The van der Waals surface area contributed by atoms with E-state index in [2.05, 4.69) is 20.8 Å². The molecular formula is C14H23ClO2. The number of aliphatic hydroxyl groups is 1. The van der Waals surface area contributed by atoms with Crippen molar-refractivity contribution < 1.29 is 9.84 Å². The van der Waals surface area contributed by atoms with Gasteiger partial charge in [0.1, 0.15) is 0 Å². The predicted octanol–water partition coefficient (Wildman–Crippen LogP) is 2.98. The van der Waals surface area contributed by atoms with E-state index in [1.165, 1.54) is 0 Å². The Kier molecular flexibility index (Phi) is 4.17. The minimum absolute atomic E-state index is 0.0574. The summed E-state index contributed by atoms with van der Waals surface area (Å²) in [7, 11) is 0. The molecule has 0 spiro atoms. The molecule has 1 saturated heterocycles. The Morgan fingerprint density at radius 2 is 2.24 bits per heavy atom. The molecule has 0 unspecified atom stereocenters. The first kappa shape index (κ1) is 13.4. The van der Waals surface area contributed by atoms with Crippen LogP contribution in [-0.4, -0.2) is 29.3 Å². The van der Waals surface area contributed by atoms with Crippen LogP contribution in [-0.2, 0) is 4.74 Å². The molecule has 0 aromatic heterocycles. The summed E-state index contributed by atoms with van der Waals surface area (Å²) in [6.07, 6.45) is 4.63. The van der Waals surface area contributed by atoms with Gasteiger partial charge < -0.3 is 9.84 Å². The standard InChI is InChI=1S/C14H23ClO2/c1-8(2)4-13-12-6-11(15)5-10(7-16)14(12)9(3)17-13/h5,8-9,11-14,16H,4,6-7H2,1-3H3/t9-,11-,12-,13+,14-/m1/s1. The zero-order chi connectivity index (χ0) is 12.6. The Labute approximate surface area is 109 Å². The Morgan fingerprint density at radius 1 is 1.53 bits per heavy atom. The predicted molar refractivity (Wildman–Crippen MR) is 70.2 cm³/mol. The highest BCUT2D eigenvalue weighted by atomic mass is 35.5. The van der Waals surface area contributed by atoms with E-state index in [0.717, 1.165) is 18.4 Å². The molecule has 17 heavy (non-hydrogen) atoms. The van der Waals surface area contributed by atoms with Crippen molar-refractivity contribution in [1.29, 1.82) is 0 Å². The highest BCUT2D eigenvalue weighted by molar-refractivity contribution is 6.21. The number of alkyl halides is 1. The molecule has 2 aliphatic rings. The molecule has 0 bridgehead atoms. The van der Waals surface area contributed by atoms with E-state index < -0.39 is 0 Å². The zero-order valence-corrected chi connectivity index (χ0v) is 11.7. The molecule has 3 heteroatoms. The van der Waals surface area contributed by atoms with Gasteiger partial charge in [0.25, 0.3) is 0 Å². The highest BCUT2D eigenvalue weighted by Crippen LogP contribution is 2.45. The third-order valence-corrected chi connectivity index (χ3v) is 4.34. The molecular weight excluding hydrogens is 236 g/mol. The maximum absolute atomic E-state index is 9.46. The van der Waals surface area contributed by atoms with E-state index in [-0.39, 0.29) is 18.1 Å². The SMILES string of the molecule is CC(C)C[C@@H]1O[C@H](C)[C@@H]2C(CO)=C[C@@H](Cl)C[C@@H]21. The molecule has 1 heterocycles. The first-order chi connectivity index (χ1) is 8.02. The van der Waals surface area contributed by atoms with Gasteiger partial charge in [-0.25, -0.2) is 0 Å². The summed E-state index contributed by atoms with van der Waals surface area (Å²) in [4.78, 5) is 0. The van der Waals surface area contributed by atoms with Crippen LogP contribution in [0.4, 0.5) is 0 Å². The lowest BCUT2D eigenvalue weighted by atomic mass is 9.74. The highest BCUT2D eigenvalue weighted by Gasteiger charge is 2.46. The number of allylic oxidation sites excluding steroid dienone is 1. The summed E-state index contributed by atoms with van der Waals surface area (Å²) in [6, 6.07) is 0. The van der Waals surface area contributed by atoms with Crippen LogP contribution in [0.15, 0.2) is 11.6 Å². The van der Waals surface area contributed by atoms with E-state index in [9.17, 15) is 5.11 Å². The van der Waals surface area contributed by atoms with Gasteiger partial charge in [-0.1, -0.05) is 19.9 Å². The minimum Gasteiger partial charge on any atom is -0.392 e. The first-order valence-corrected chi connectivity index (χ1v) is 7.07. The van der Waals surface area contributed by atoms with Crippen LogP contribution in [0.1, 0.15) is 33.6 Å². The molecule has 0 saturated carbocycles. The number of rotatable bonds is 3. The number of aliphatic hydroxyl groups excluding tert-OH is 1. The largest absolute Gasteiger partial charge is 0.392 e. The van der Waals surface area contributed by atoms with Crippen LogP contribution in [0.5, 0.6) is 0 Å².